The van der Waals surface area contributed by atoms with Crippen LogP contribution in [0.5, 0.6) is 0 Å². The van der Waals surface area contributed by atoms with Crippen molar-refractivity contribution in [3.63, 3.8) is 0 Å². The number of nitrogen functional groups attached to an aromatic ring is 1. The SMILES string of the molecule is CC(C)[Si](OC[C@H]1[CH][CH][C@H](n2cnc3c(N)ncnc32)O1)(C(C)C)C(C)C. The van der Waals surface area contributed by atoms with Gasteiger partial charge in [-0.2, -0.15) is 0 Å². The Morgan fingerprint density at radius 3 is 2.37 bits per heavy atom. The van der Waals surface area contributed by atoms with E-state index in [0.717, 1.165) is 0 Å². The monoisotopic (exact) mass is 389 g/mol. The van der Waals surface area contributed by atoms with Crippen molar-refractivity contribution < 1.29 is 9.16 Å². The van der Waals surface area contributed by atoms with Crippen molar-refractivity contribution in [2.45, 2.75) is 70.5 Å². The summed E-state index contributed by atoms with van der Waals surface area (Å²) in [6.45, 7) is 14.3. The van der Waals surface area contributed by atoms with Crippen LogP contribution >= 0.6 is 0 Å². The quantitative estimate of drug-likeness (QED) is 0.722. The van der Waals surface area contributed by atoms with Crippen molar-refractivity contribution in [2.24, 2.45) is 0 Å². The minimum atomic E-state index is -1.90. The van der Waals surface area contributed by atoms with Crippen molar-refractivity contribution in [1.82, 2.24) is 19.5 Å². The summed E-state index contributed by atoms with van der Waals surface area (Å²) < 4.78 is 14.7. The summed E-state index contributed by atoms with van der Waals surface area (Å²) in [5, 5.41) is 0. The van der Waals surface area contributed by atoms with Gasteiger partial charge in [0.1, 0.15) is 18.1 Å². The number of anilines is 1. The van der Waals surface area contributed by atoms with Gasteiger partial charge in [0.2, 0.25) is 0 Å². The number of ether oxygens (including phenoxy) is 1. The van der Waals surface area contributed by atoms with Crippen LogP contribution in [0.3, 0.4) is 0 Å². The fourth-order valence-corrected chi connectivity index (χ4v) is 9.98. The van der Waals surface area contributed by atoms with Gasteiger partial charge >= 0.3 is 0 Å². The van der Waals surface area contributed by atoms with Crippen LogP contribution in [0.15, 0.2) is 12.7 Å². The molecule has 7 nitrogen and oxygen atoms in total. The third-order valence-corrected chi connectivity index (χ3v) is 11.8. The lowest BCUT2D eigenvalue weighted by atomic mass is 10.2. The fourth-order valence-electron chi connectivity index (χ4n) is 4.52. The summed E-state index contributed by atoms with van der Waals surface area (Å²) in [6.07, 6.45) is 6.91. The molecule has 0 spiro atoms. The second kappa shape index (κ2) is 7.85. The zero-order valence-corrected chi connectivity index (χ0v) is 18.1. The Hall–Kier alpha value is -1.51. The van der Waals surface area contributed by atoms with E-state index in [9.17, 15) is 0 Å². The molecule has 1 fully saturated rings. The molecule has 1 saturated heterocycles. The maximum atomic E-state index is 6.66. The van der Waals surface area contributed by atoms with Crippen molar-refractivity contribution >= 4 is 25.3 Å². The predicted octanol–water partition coefficient (Wildman–Crippen LogP) is 3.91. The molecule has 8 heteroatoms. The average molecular weight is 390 g/mol. The molecular formula is C19H31N5O2Si. The minimum Gasteiger partial charge on any atom is -0.413 e. The smallest absolute Gasteiger partial charge is 0.200 e. The van der Waals surface area contributed by atoms with E-state index in [1.54, 1.807) is 6.33 Å². The Morgan fingerprint density at radius 2 is 1.74 bits per heavy atom. The molecule has 2 radical (unpaired) electrons. The maximum Gasteiger partial charge on any atom is 0.200 e. The molecule has 2 atom stereocenters. The normalized spacial score (nSPS) is 21.2. The second-order valence-electron chi connectivity index (χ2n) is 8.16. The van der Waals surface area contributed by atoms with Crippen molar-refractivity contribution in [3.05, 3.63) is 25.5 Å². The van der Waals surface area contributed by atoms with Gasteiger partial charge in [-0.25, -0.2) is 15.0 Å². The Bertz CT molecular complexity index is 755. The summed E-state index contributed by atoms with van der Waals surface area (Å²) in [6, 6.07) is 0. The molecule has 2 aromatic rings. The number of aromatic nitrogens is 4. The zero-order chi connectivity index (χ0) is 19.8. The van der Waals surface area contributed by atoms with Crippen LogP contribution in [0.2, 0.25) is 16.6 Å². The predicted molar refractivity (Wildman–Crippen MR) is 109 cm³/mol. The van der Waals surface area contributed by atoms with Crippen LogP contribution in [-0.2, 0) is 9.16 Å². The molecule has 1 aliphatic heterocycles. The van der Waals surface area contributed by atoms with Crippen LogP contribution in [0.1, 0.15) is 47.8 Å². The summed E-state index contributed by atoms with van der Waals surface area (Å²) in [7, 11) is -1.90. The first-order valence-electron chi connectivity index (χ1n) is 9.68. The van der Waals surface area contributed by atoms with Crippen molar-refractivity contribution in [1.29, 1.82) is 0 Å². The molecule has 0 saturated carbocycles. The first-order chi connectivity index (χ1) is 12.8. The highest BCUT2D eigenvalue weighted by Gasteiger charge is 2.45. The van der Waals surface area contributed by atoms with Gasteiger partial charge in [0.25, 0.3) is 0 Å². The number of nitrogens with two attached hydrogens (primary N) is 1. The van der Waals surface area contributed by atoms with E-state index < -0.39 is 8.32 Å². The number of nitrogens with zero attached hydrogens (tertiary/aromatic N) is 4. The average Bonchev–Trinajstić information content (AvgIpc) is 3.21. The van der Waals surface area contributed by atoms with Crippen LogP contribution in [0.4, 0.5) is 5.82 Å². The third-order valence-electron chi connectivity index (χ3n) is 5.67. The van der Waals surface area contributed by atoms with E-state index in [-0.39, 0.29) is 12.3 Å². The lowest BCUT2D eigenvalue weighted by Crippen LogP contribution is -2.49. The van der Waals surface area contributed by atoms with Gasteiger partial charge in [-0.1, -0.05) is 41.5 Å². The lowest BCUT2D eigenvalue weighted by molar-refractivity contribution is -0.00415. The first kappa shape index (κ1) is 20.2. The molecule has 0 unspecified atom stereocenters. The number of fused-ring (bicyclic) bond motifs is 1. The minimum absolute atomic E-state index is 0.0743. The molecule has 2 aromatic heterocycles. The Kier molecular flexibility index (Phi) is 5.88. The van der Waals surface area contributed by atoms with Gasteiger partial charge in [-0.15, -0.1) is 0 Å². The molecular weight excluding hydrogens is 358 g/mol. The van der Waals surface area contributed by atoms with E-state index >= 15 is 0 Å². The number of hydrogen-bond acceptors (Lipinski definition) is 6. The third kappa shape index (κ3) is 3.62. The van der Waals surface area contributed by atoms with Gasteiger partial charge in [0.05, 0.1) is 19.0 Å². The Morgan fingerprint density at radius 1 is 1.07 bits per heavy atom. The first-order valence-corrected chi connectivity index (χ1v) is 11.8. The van der Waals surface area contributed by atoms with Gasteiger partial charge in [0.15, 0.2) is 19.8 Å². The van der Waals surface area contributed by atoms with E-state index in [2.05, 4.69) is 62.9 Å². The van der Waals surface area contributed by atoms with Crippen LogP contribution in [0, 0.1) is 12.8 Å². The number of rotatable bonds is 7. The van der Waals surface area contributed by atoms with Gasteiger partial charge in [-0.05, 0) is 16.6 Å². The highest BCUT2D eigenvalue weighted by Crippen LogP contribution is 2.43. The van der Waals surface area contributed by atoms with Gasteiger partial charge in [0, 0.05) is 12.8 Å². The van der Waals surface area contributed by atoms with Crippen LogP contribution in [0.25, 0.3) is 11.2 Å². The van der Waals surface area contributed by atoms with Crippen LogP contribution in [-0.4, -0.2) is 40.5 Å². The van der Waals surface area contributed by atoms with Gasteiger partial charge in [-0.3, -0.25) is 4.57 Å². The van der Waals surface area contributed by atoms with Crippen molar-refractivity contribution in [2.75, 3.05) is 12.3 Å². The van der Waals surface area contributed by atoms with E-state index in [4.69, 9.17) is 14.9 Å². The molecule has 2 N–H and O–H groups in total. The van der Waals surface area contributed by atoms with E-state index in [0.29, 0.717) is 40.2 Å². The molecule has 1 aliphatic rings. The molecule has 148 valence electrons. The molecule has 0 bridgehead atoms. The summed E-state index contributed by atoms with van der Waals surface area (Å²) in [5.41, 5.74) is 8.80. The van der Waals surface area contributed by atoms with E-state index in [1.807, 2.05) is 11.0 Å². The molecule has 0 aromatic carbocycles. The standard InChI is InChI=1S/C19H31N5O2Si/c1-12(2)27(13(3)4,14(5)6)25-9-15-7-8-16(26-15)24-11-23-17-18(20)21-10-22-19(17)24/h7-8,10-16H,9H2,1-6H3,(H2,20,21,22)/t15-,16-/m1/s1. The van der Waals surface area contributed by atoms with E-state index in [1.165, 1.54) is 6.33 Å². The maximum absolute atomic E-state index is 6.66. The Balaban J connectivity index is 1.70. The largest absolute Gasteiger partial charge is 0.413 e. The lowest BCUT2D eigenvalue weighted by Gasteiger charge is -2.42. The number of imidazole rings is 1. The Labute approximate surface area is 162 Å². The van der Waals surface area contributed by atoms with Crippen LogP contribution < -0.4 is 5.73 Å². The summed E-state index contributed by atoms with van der Waals surface area (Å²) >= 11 is 0. The fraction of sp³-hybridized carbons (Fsp3) is 0.632. The summed E-state index contributed by atoms with van der Waals surface area (Å²) in [4.78, 5) is 12.6. The number of hydrogen-bond donors (Lipinski definition) is 1. The second-order valence-corrected chi connectivity index (χ2v) is 13.6. The highest BCUT2D eigenvalue weighted by molar-refractivity contribution is 6.77. The molecule has 27 heavy (non-hydrogen) atoms. The molecule has 0 aliphatic carbocycles. The van der Waals surface area contributed by atoms with Crippen molar-refractivity contribution in [3.8, 4) is 0 Å². The topological polar surface area (TPSA) is 88.1 Å². The zero-order valence-electron chi connectivity index (χ0n) is 17.1. The molecule has 3 heterocycles. The molecule has 0 amide bonds. The highest BCUT2D eigenvalue weighted by atomic mass is 28.4. The van der Waals surface area contributed by atoms with Gasteiger partial charge < -0.3 is 14.9 Å². The summed E-state index contributed by atoms with van der Waals surface area (Å²) in [5.74, 6) is 0.377. The molecule has 3 rings (SSSR count).